The van der Waals surface area contributed by atoms with Crippen LogP contribution in [0.15, 0.2) is 24.3 Å². The van der Waals surface area contributed by atoms with E-state index in [2.05, 4.69) is 0 Å². The fourth-order valence-corrected chi connectivity index (χ4v) is 2.30. The molecule has 8 heteroatoms. The van der Waals surface area contributed by atoms with Gasteiger partial charge in [-0.25, -0.2) is 8.78 Å². The molecule has 0 bridgehead atoms. The number of rotatable bonds is 5. The number of ether oxygens (including phenoxy) is 2. The van der Waals surface area contributed by atoms with Crippen LogP contribution in [0.5, 0.6) is 0 Å². The summed E-state index contributed by atoms with van der Waals surface area (Å²) in [5.41, 5.74) is 1.19. The molecule has 0 aliphatic carbocycles. The third kappa shape index (κ3) is 2.89. The van der Waals surface area contributed by atoms with Gasteiger partial charge in [0.25, 0.3) is 11.5 Å². The van der Waals surface area contributed by atoms with Crippen LogP contribution in [0, 0.1) is 5.92 Å². The maximum absolute atomic E-state index is 14.0. The van der Waals surface area contributed by atoms with Crippen LogP contribution in [0.2, 0.25) is 0 Å². The topological polar surface area (TPSA) is 44.5 Å². The molecule has 1 aromatic carbocycles. The van der Waals surface area contributed by atoms with E-state index in [9.17, 15) is 22.0 Å². The van der Waals surface area contributed by atoms with E-state index < -0.39 is 29.9 Å². The average Bonchev–Trinajstić information content (AvgIpc) is 2.30. The Morgan fingerprint density at radius 3 is 2.05 bits per heavy atom. The molecule has 1 atom stereocenters. The highest BCUT2D eigenvalue weighted by Gasteiger charge is 2.70. The summed E-state index contributed by atoms with van der Waals surface area (Å²) in [6.07, 6.45) is -5.30. The second-order valence-electron chi connectivity index (χ2n) is 5.40. The third-order valence-corrected chi connectivity index (χ3v) is 3.58. The number of hydrogen-bond acceptors (Lipinski definition) is 3. The first-order chi connectivity index (χ1) is 10.1. The van der Waals surface area contributed by atoms with Crippen molar-refractivity contribution in [3.8, 4) is 0 Å². The van der Waals surface area contributed by atoms with Gasteiger partial charge in [-0.2, -0.15) is 13.2 Å². The SMILES string of the molecule is CC(F)(F)C(OCC1COC1)(c1ccc(N)cc1)C(F)(F)F. The lowest BCUT2D eigenvalue weighted by atomic mass is 9.86. The molecule has 0 radical (unpaired) electrons. The molecule has 3 nitrogen and oxygen atoms in total. The molecule has 1 fully saturated rings. The average molecular weight is 325 g/mol. The molecule has 1 unspecified atom stereocenters. The molecule has 1 heterocycles. The molecule has 0 amide bonds. The van der Waals surface area contributed by atoms with Crippen molar-refractivity contribution < 1.29 is 31.4 Å². The van der Waals surface area contributed by atoms with Gasteiger partial charge in [-0.1, -0.05) is 12.1 Å². The van der Waals surface area contributed by atoms with E-state index in [0.717, 1.165) is 24.3 Å². The molecule has 0 spiro atoms. The number of benzene rings is 1. The fraction of sp³-hybridized carbons (Fsp3) is 0.571. The first-order valence-electron chi connectivity index (χ1n) is 6.60. The van der Waals surface area contributed by atoms with Crippen LogP contribution in [0.1, 0.15) is 12.5 Å². The maximum atomic E-state index is 14.0. The van der Waals surface area contributed by atoms with E-state index in [-0.39, 0.29) is 31.7 Å². The summed E-state index contributed by atoms with van der Waals surface area (Å²) in [5, 5.41) is 0. The van der Waals surface area contributed by atoms with Gasteiger partial charge in [-0.3, -0.25) is 0 Å². The van der Waals surface area contributed by atoms with Gasteiger partial charge in [0.15, 0.2) is 0 Å². The molecule has 2 rings (SSSR count). The van der Waals surface area contributed by atoms with E-state index in [1.165, 1.54) is 0 Å². The Labute approximate surface area is 124 Å². The highest BCUT2D eigenvalue weighted by Crippen LogP contribution is 2.52. The number of alkyl halides is 5. The lowest BCUT2D eigenvalue weighted by Crippen LogP contribution is -2.57. The minimum Gasteiger partial charge on any atom is -0.399 e. The van der Waals surface area contributed by atoms with Crippen molar-refractivity contribution in [2.45, 2.75) is 24.6 Å². The van der Waals surface area contributed by atoms with Crippen LogP contribution in [-0.4, -0.2) is 31.9 Å². The van der Waals surface area contributed by atoms with E-state index in [1.54, 1.807) is 0 Å². The Hall–Kier alpha value is -1.41. The van der Waals surface area contributed by atoms with E-state index >= 15 is 0 Å². The largest absolute Gasteiger partial charge is 0.427 e. The summed E-state index contributed by atoms with van der Waals surface area (Å²) >= 11 is 0. The van der Waals surface area contributed by atoms with Crippen LogP contribution >= 0.6 is 0 Å². The Kier molecular flexibility index (Phi) is 4.36. The summed E-state index contributed by atoms with van der Waals surface area (Å²) in [6, 6.07) is 4.10. The number of nitrogen functional groups attached to an aromatic ring is 1. The van der Waals surface area contributed by atoms with Crippen molar-refractivity contribution in [3.05, 3.63) is 29.8 Å². The molecule has 0 saturated carbocycles. The van der Waals surface area contributed by atoms with Gasteiger partial charge in [-0.15, -0.1) is 0 Å². The summed E-state index contributed by atoms with van der Waals surface area (Å²) in [4.78, 5) is 0. The van der Waals surface area contributed by atoms with Crippen molar-refractivity contribution in [1.82, 2.24) is 0 Å². The van der Waals surface area contributed by atoms with E-state index in [1.807, 2.05) is 0 Å². The first-order valence-corrected chi connectivity index (χ1v) is 6.60. The molecule has 0 aromatic heterocycles. The Bertz CT molecular complexity index is 491. The number of nitrogens with two attached hydrogens (primary N) is 1. The van der Waals surface area contributed by atoms with E-state index in [0.29, 0.717) is 0 Å². The Balaban J connectivity index is 2.46. The molecule has 2 N–H and O–H groups in total. The van der Waals surface area contributed by atoms with Crippen molar-refractivity contribution >= 4 is 5.69 Å². The van der Waals surface area contributed by atoms with Gasteiger partial charge in [0.1, 0.15) is 0 Å². The summed E-state index contributed by atoms with van der Waals surface area (Å²) in [5.74, 6) is -4.50. The monoisotopic (exact) mass is 325 g/mol. The second kappa shape index (κ2) is 5.66. The third-order valence-electron chi connectivity index (χ3n) is 3.58. The zero-order valence-electron chi connectivity index (χ0n) is 11.8. The summed E-state index contributed by atoms with van der Waals surface area (Å²) in [7, 11) is 0. The summed E-state index contributed by atoms with van der Waals surface area (Å²) in [6.45, 7) is 0.136. The normalized spacial score (nSPS) is 19.5. The van der Waals surface area contributed by atoms with Gasteiger partial charge < -0.3 is 15.2 Å². The number of hydrogen-bond donors (Lipinski definition) is 1. The van der Waals surface area contributed by atoms with Gasteiger partial charge in [0.2, 0.25) is 0 Å². The second-order valence-corrected chi connectivity index (χ2v) is 5.40. The van der Waals surface area contributed by atoms with Crippen LogP contribution < -0.4 is 5.73 Å². The van der Waals surface area contributed by atoms with Crippen LogP contribution in [-0.2, 0) is 15.1 Å². The zero-order valence-corrected chi connectivity index (χ0v) is 11.8. The Morgan fingerprint density at radius 1 is 1.14 bits per heavy atom. The smallest absolute Gasteiger partial charge is 0.399 e. The Morgan fingerprint density at radius 2 is 1.68 bits per heavy atom. The van der Waals surface area contributed by atoms with Gasteiger partial charge >= 0.3 is 6.18 Å². The van der Waals surface area contributed by atoms with Gasteiger partial charge in [0.05, 0.1) is 19.8 Å². The lowest BCUT2D eigenvalue weighted by molar-refractivity contribution is -0.356. The molecule has 1 aromatic rings. The van der Waals surface area contributed by atoms with Crippen molar-refractivity contribution in [1.29, 1.82) is 0 Å². The predicted molar refractivity (Wildman–Crippen MR) is 69.5 cm³/mol. The molecule has 1 saturated heterocycles. The minimum atomic E-state index is -5.30. The van der Waals surface area contributed by atoms with Crippen LogP contribution in [0.3, 0.4) is 0 Å². The number of halogens is 5. The highest BCUT2D eigenvalue weighted by molar-refractivity contribution is 5.42. The molecule has 1 aliphatic heterocycles. The predicted octanol–water partition coefficient (Wildman–Crippen LogP) is 3.34. The van der Waals surface area contributed by atoms with Gasteiger partial charge in [-0.05, 0) is 17.7 Å². The molecule has 22 heavy (non-hydrogen) atoms. The zero-order chi connectivity index (χ0) is 16.6. The van der Waals surface area contributed by atoms with Crippen molar-refractivity contribution in [3.63, 3.8) is 0 Å². The molecule has 1 aliphatic rings. The summed E-state index contributed by atoms with van der Waals surface area (Å²) < 4.78 is 78.3. The van der Waals surface area contributed by atoms with Crippen molar-refractivity contribution in [2.24, 2.45) is 5.92 Å². The van der Waals surface area contributed by atoms with E-state index in [4.69, 9.17) is 15.2 Å². The molecular weight excluding hydrogens is 309 g/mol. The highest BCUT2D eigenvalue weighted by atomic mass is 19.4. The maximum Gasteiger partial charge on any atom is 0.427 e. The fourth-order valence-electron chi connectivity index (χ4n) is 2.30. The first kappa shape index (κ1) is 17.0. The van der Waals surface area contributed by atoms with Gasteiger partial charge in [0, 0.05) is 18.5 Å². The minimum absolute atomic E-state index is 0.173. The molecule has 124 valence electrons. The van der Waals surface area contributed by atoms with Crippen LogP contribution in [0.25, 0.3) is 0 Å². The lowest BCUT2D eigenvalue weighted by Gasteiger charge is -2.41. The van der Waals surface area contributed by atoms with Crippen LogP contribution in [0.4, 0.5) is 27.6 Å². The van der Waals surface area contributed by atoms with Crippen molar-refractivity contribution in [2.75, 3.05) is 25.6 Å². The number of anilines is 1. The quantitative estimate of drug-likeness (QED) is 0.667. The molecular formula is C14H16F5NO2. The standard InChI is InChI=1S/C14H16F5NO2/c1-12(15,16)13(14(17,18)19,22-8-9-6-21-7-9)10-2-4-11(20)5-3-10/h2-5,9H,6-8,20H2,1H3.